The number of fused-ring (bicyclic) bond motifs is 2. The van der Waals surface area contributed by atoms with Crippen molar-refractivity contribution < 1.29 is 33.6 Å². The molecule has 30 heavy (non-hydrogen) atoms. The van der Waals surface area contributed by atoms with Gasteiger partial charge in [0.15, 0.2) is 23.0 Å². The number of esters is 1. The summed E-state index contributed by atoms with van der Waals surface area (Å²) in [5.74, 6) is 2.04. The van der Waals surface area contributed by atoms with Gasteiger partial charge in [-0.15, -0.1) is 0 Å². The Bertz CT molecular complexity index is 916. The summed E-state index contributed by atoms with van der Waals surface area (Å²) in [6, 6.07) is 11.2. The second-order valence-electron chi connectivity index (χ2n) is 7.36. The first-order chi connectivity index (χ1) is 14.5. The van der Waals surface area contributed by atoms with Crippen LogP contribution < -0.4 is 24.3 Å². The third kappa shape index (κ3) is 4.44. The Labute approximate surface area is 174 Å². The van der Waals surface area contributed by atoms with Crippen LogP contribution in [0.5, 0.6) is 23.0 Å². The number of ether oxygens (including phenoxy) is 5. The van der Waals surface area contributed by atoms with Crippen molar-refractivity contribution >= 4 is 5.97 Å². The van der Waals surface area contributed by atoms with Gasteiger partial charge in [0.05, 0.1) is 13.2 Å². The van der Waals surface area contributed by atoms with Crippen LogP contribution in [-0.4, -0.2) is 50.3 Å². The summed E-state index contributed by atoms with van der Waals surface area (Å²) >= 11 is 0. The molecule has 0 saturated heterocycles. The van der Waals surface area contributed by atoms with E-state index in [-0.39, 0.29) is 19.4 Å². The Morgan fingerprint density at radius 3 is 2.73 bits per heavy atom. The second kappa shape index (κ2) is 8.81. The maximum Gasteiger partial charge on any atom is 0.350 e. The van der Waals surface area contributed by atoms with E-state index in [0.717, 1.165) is 17.5 Å². The van der Waals surface area contributed by atoms with Gasteiger partial charge in [0, 0.05) is 12.6 Å². The highest BCUT2D eigenvalue weighted by Gasteiger charge is 2.28. The molecule has 0 aliphatic carbocycles. The lowest BCUT2D eigenvalue weighted by Crippen LogP contribution is -2.37. The van der Waals surface area contributed by atoms with E-state index in [0.29, 0.717) is 29.5 Å². The molecule has 2 aromatic carbocycles. The zero-order valence-electron chi connectivity index (χ0n) is 16.9. The summed E-state index contributed by atoms with van der Waals surface area (Å²) < 4.78 is 26.7. The summed E-state index contributed by atoms with van der Waals surface area (Å²) in [5.41, 5.74) is 1.84. The number of nitrogens with one attached hydrogen (secondary N) is 1. The molecular formula is C22H25NO7. The van der Waals surface area contributed by atoms with Gasteiger partial charge in [-0.2, -0.15) is 0 Å². The van der Waals surface area contributed by atoms with Gasteiger partial charge in [-0.3, -0.25) is 0 Å². The number of rotatable bonds is 7. The first kappa shape index (κ1) is 20.3. The van der Waals surface area contributed by atoms with E-state index in [1.165, 1.54) is 7.11 Å². The van der Waals surface area contributed by atoms with Gasteiger partial charge in [0.2, 0.25) is 12.9 Å². The topological polar surface area (TPSA) is 95.5 Å². The molecule has 4 rings (SSSR count). The zero-order chi connectivity index (χ0) is 21.1. The minimum atomic E-state index is -0.744. The summed E-state index contributed by atoms with van der Waals surface area (Å²) in [7, 11) is 1.32. The van der Waals surface area contributed by atoms with E-state index in [1.54, 1.807) is 6.07 Å². The van der Waals surface area contributed by atoms with Crippen LogP contribution in [-0.2, 0) is 16.0 Å². The molecule has 0 fully saturated rings. The van der Waals surface area contributed by atoms with Crippen molar-refractivity contribution in [2.24, 2.45) is 0 Å². The lowest BCUT2D eigenvalue weighted by molar-refractivity contribution is -0.151. The quantitative estimate of drug-likeness (QED) is 0.663. The number of methoxy groups -OCH3 is 1. The average molecular weight is 415 g/mol. The molecule has 0 spiro atoms. The molecule has 3 unspecified atom stereocenters. The van der Waals surface area contributed by atoms with Crippen LogP contribution >= 0.6 is 0 Å². The minimum Gasteiger partial charge on any atom is -0.485 e. The Hall–Kier alpha value is -2.97. The van der Waals surface area contributed by atoms with Crippen molar-refractivity contribution in [3.63, 3.8) is 0 Å². The Morgan fingerprint density at radius 1 is 1.13 bits per heavy atom. The fourth-order valence-corrected chi connectivity index (χ4v) is 3.47. The monoisotopic (exact) mass is 415 g/mol. The highest BCUT2D eigenvalue weighted by atomic mass is 16.7. The Kier molecular flexibility index (Phi) is 5.96. The van der Waals surface area contributed by atoms with Crippen molar-refractivity contribution in [2.45, 2.75) is 31.6 Å². The summed E-state index contributed by atoms with van der Waals surface area (Å²) in [6.45, 7) is 2.80. The van der Waals surface area contributed by atoms with Crippen molar-refractivity contribution in [2.75, 3.05) is 27.1 Å². The van der Waals surface area contributed by atoms with Crippen LogP contribution in [0.3, 0.4) is 0 Å². The molecule has 0 radical (unpaired) electrons. The summed E-state index contributed by atoms with van der Waals surface area (Å²) in [6.07, 6.45) is -0.658. The molecular weight excluding hydrogens is 390 g/mol. The molecule has 0 saturated carbocycles. The van der Waals surface area contributed by atoms with E-state index < -0.39 is 18.2 Å². The molecule has 0 bridgehead atoms. The predicted molar refractivity (Wildman–Crippen MR) is 107 cm³/mol. The standard InChI is InChI=1S/C22H25NO7/c1-13(23-10-16(24)15-4-6-17-20(9-15)29-12-28-17)7-14-3-5-18-19(8-14)27-11-21(30-18)22(25)26-2/h3-6,8-9,13,16,21,23-24H,7,10-12H2,1-2H3. The molecule has 8 nitrogen and oxygen atoms in total. The SMILES string of the molecule is COC(=O)C1COc2cc(CC(C)NCC(O)c3ccc4c(c3)OCO4)ccc2O1. The molecule has 2 heterocycles. The molecule has 0 aromatic heterocycles. The number of hydrogen-bond acceptors (Lipinski definition) is 8. The van der Waals surface area contributed by atoms with Gasteiger partial charge in [0.25, 0.3) is 0 Å². The van der Waals surface area contributed by atoms with Crippen molar-refractivity contribution in [1.82, 2.24) is 5.32 Å². The minimum absolute atomic E-state index is 0.124. The predicted octanol–water partition coefficient (Wildman–Crippen LogP) is 1.98. The molecule has 0 amide bonds. The maximum atomic E-state index is 11.6. The summed E-state index contributed by atoms with van der Waals surface area (Å²) in [5, 5.41) is 13.8. The first-order valence-electron chi connectivity index (χ1n) is 9.84. The largest absolute Gasteiger partial charge is 0.485 e. The molecule has 2 aromatic rings. The molecule has 2 N–H and O–H groups in total. The molecule has 2 aliphatic heterocycles. The zero-order valence-corrected chi connectivity index (χ0v) is 16.9. The van der Waals surface area contributed by atoms with Gasteiger partial charge in [-0.1, -0.05) is 12.1 Å². The highest BCUT2D eigenvalue weighted by molar-refractivity contribution is 5.75. The third-order valence-electron chi connectivity index (χ3n) is 5.11. The number of benzene rings is 2. The van der Waals surface area contributed by atoms with Crippen LogP contribution in [0, 0.1) is 0 Å². The Balaban J connectivity index is 1.30. The lowest BCUT2D eigenvalue weighted by atomic mass is 10.0. The number of carbonyl (C=O) groups excluding carboxylic acids is 1. The van der Waals surface area contributed by atoms with Crippen LogP contribution in [0.25, 0.3) is 0 Å². The van der Waals surface area contributed by atoms with Gasteiger partial charge >= 0.3 is 5.97 Å². The fraction of sp³-hybridized carbons (Fsp3) is 0.409. The Morgan fingerprint density at radius 2 is 1.90 bits per heavy atom. The number of carbonyl (C=O) groups is 1. The molecule has 3 atom stereocenters. The van der Waals surface area contributed by atoms with Crippen molar-refractivity contribution in [3.05, 3.63) is 47.5 Å². The van der Waals surface area contributed by atoms with Gasteiger partial charge in [-0.25, -0.2) is 4.79 Å². The van der Waals surface area contributed by atoms with Gasteiger partial charge < -0.3 is 34.1 Å². The maximum absolute atomic E-state index is 11.6. The molecule has 2 aliphatic rings. The van der Waals surface area contributed by atoms with Crippen LogP contribution in [0.15, 0.2) is 36.4 Å². The lowest BCUT2D eigenvalue weighted by Gasteiger charge is -2.25. The van der Waals surface area contributed by atoms with E-state index in [9.17, 15) is 9.90 Å². The average Bonchev–Trinajstić information content (AvgIpc) is 3.24. The highest BCUT2D eigenvalue weighted by Crippen LogP contribution is 2.34. The normalized spacial score (nSPS) is 18.6. The van der Waals surface area contributed by atoms with Crippen molar-refractivity contribution in [1.29, 1.82) is 0 Å². The number of aliphatic hydroxyl groups excluding tert-OH is 1. The van der Waals surface area contributed by atoms with Crippen LogP contribution in [0.4, 0.5) is 0 Å². The van der Waals surface area contributed by atoms with Gasteiger partial charge in [-0.05, 0) is 48.7 Å². The van der Waals surface area contributed by atoms with E-state index in [2.05, 4.69) is 12.2 Å². The van der Waals surface area contributed by atoms with E-state index in [4.69, 9.17) is 23.7 Å². The molecule has 8 heteroatoms. The molecule has 160 valence electrons. The van der Waals surface area contributed by atoms with E-state index >= 15 is 0 Å². The smallest absolute Gasteiger partial charge is 0.350 e. The van der Waals surface area contributed by atoms with E-state index in [1.807, 2.05) is 30.3 Å². The first-order valence-corrected chi connectivity index (χ1v) is 9.84. The second-order valence-corrected chi connectivity index (χ2v) is 7.36. The summed E-state index contributed by atoms with van der Waals surface area (Å²) in [4.78, 5) is 11.6. The number of hydrogen-bond donors (Lipinski definition) is 2. The third-order valence-corrected chi connectivity index (χ3v) is 5.11. The number of aliphatic hydroxyl groups is 1. The van der Waals surface area contributed by atoms with Crippen LogP contribution in [0.2, 0.25) is 0 Å². The fourth-order valence-electron chi connectivity index (χ4n) is 3.47. The van der Waals surface area contributed by atoms with Crippen molar-refractivity contribution in [3.8, 4) is 23.0 Å². The van der Waals surface area contributed by atoms with Gasteiger partial charge in [0.1, 0.15) is 6.61 Å². The van der Waals surface area contributed by atoms with Crippen LogP contribution in [0.1, 0.15) is 24.2 Å².